The van der Waals surface area contributed by atoms with Crippen LogP contribution in [0.15, 0.2) is 36.7 Å². The first-order valence-corrected chi connectivity index (χ1v) is 6.69. The number of nitrogens with two attached hydrogens (primary N) is 1. The molecule has 100 valence electrons. The number of aryl methyl sites for hydroxylation is 1. The Labute approximate surface area is 114 Å². The smallest absolute Gasteiger partial charge is 0.149 e. The number of hydrogen-bond donors (Lipinski definition) is 1. The van der Waals surface area contributed by atoms with E-state index in [2.05, 4.69) is 42.0 Å². The quantitative estimate of drug-likeness (QED) is 0.913. The molecule has 1 aromatic heterocycles. The predicted octanol–water partition coefficient (Wildman–Crippen LogP) is 3.03. The van der Waals surface area contributed by atoms with E-state index in [1.807, 2.05) is 13.0 Å². The summed E-state index contributed by atoms with van der Waals surface area (Å²) in [5, 5.41) is 0. The number of nitrogens with zero attached hydrogens (tertiary/aromatic N) is 2. The Bertz CT molecular complexity index is 532. The van der Waals surface area contributed by atoms with Crippen LogP contribution in [0.1, 0.15) is 42.4 Å². The van der Waals surface area contributed by atoms with E-state index in [-0.39, 0.29) is 6.04 Å². The van der Waals surface area contributed by atoms with Crippen LogP contribution in [0, 0.1) is 12.8 Å². The summed E-state index contributed by atoms with van der Waals surface area (Å²) in [5.41, 5.74) is 9.67. The number of hydrogen-bond acceptors (Lipinski definition) is 3. The van der Waals surface area contributed by atoms with Gasteiger partial charge in [-0.05, 0) is 36.0 Å². The van der Waals surface area contributed by atoms with Crippen molar-refractivity contribution in [1.82, 2.24) is 9.97 Å². The zero-order valence-corrected chi connectivity index (χ0v) is 11.8. The molecular weight excluding hydrogens is 234 g/mol. The Morgan fingerprint density at radius 1 is 1.16 bits per heavy atom. The van der Waals surface area contributed by atoms with Crippen LogP contribution in [0.2, 0.25) is 0 Å². The van der Waals surface area contributed by atoms with Gasteiger partial charge in [0.2, 0.25) is 0 Å². The molecule has 1 unspecified atom stereocenters. The topological polar surface area (TPSA) is 51.8 Å². The van der Waals surface area contributed by atoms with Crippen LogP contribution in [-0.2, 0) is 6.42 Å². The van der Waals surface area contributed by atoms with Gasteiger partial charge in [0.15, 0.2) is 0 Å². The normalized spacial score (nSPS) is 12.7. The van der Waals surface area contributed by atoms with Crippen molar-refractivity contribution in [3.8, 4) is 0 Å². The minimum Gasteiger partial charge on any atom is -0.318 e. The lowest BCUT2D eigenvalue weighted by Crippen LogP contribution is -2.15. The van der Waals surface area contributed by atoms with Crippen molar-refractivity contribution in [3.05, 3.63) is 59.2 Å². The second-order valence-electron chi connectivity index (χ2n) is 5.44. The highest BCUT2D eigenvalue weighted by molar-refractivity contribution is 5.29. The van der Waals surface area contributed by atoms with Crippen molar-refractivity contribution in [2.75, 3.05) is 0 Å². The molecule has 0 aliphatic heterocycles. The SMILES string of the molecule is Cc1cnc(C(N)c2cccc(CC(C)C)c2)nc1. The third kappa shape index (κ3) is 3.61. The Morgan fingerprint density at radius 3 is 2.47 bits per heavy atom. The van der Waals surface area contributed by atoms with Crippen molar-refractivity contribution in [3.63, 3.8) is 0 Å². The first-order chi connectivity index (χ1) is 9.06. The molecule has 19 heavy (non-hydrogen) atoms. The van der Waals surface area contributed by atoms with Crippen LogP contribution in [0.3, 0.4) is 0 Å². The van der Waals surface area contributed by atoms with Gasteiger partial charge in [0.05, 0.1) is 6.04 Å². The monoisotopic (exact) mass is 255 g/mol. The van der Waals surface area contributed by atoms with E-state index in [9.17, 15) is 0 Å². The Morgan fingerprint density at radius 2 is 1.84 bits per heavy atom. The second kappa shape index (κ2) is 5.93. The molecule has 2 N–H and O–H groups in total. The second-order valence-corrected chi connectivity index (χ2v) is 5.44. The summed E-state index contributed by atoms with van der Waals surface area (Å²) in [4.78, 5) is 8.62. The van der Waals surface area contributed by atoms with E-state index in [1.54, 1.807) is 12.4 Å². The standard InChI is InChI=1S/C16H21N3/c1-11(2)7-13-5-4-6-14(8-13)15(17)16-18-9-12(3)10-19-16/h4-6,8-11,15H,7,17H2,1-3H3. The maximum Gasteiger partial charge on any atom is 0.149 e. The predicted molar refractivity (Wildman–Crippen MR) is 77.8 cm³/mol. The van der Waals surface area contributed by atoms with Crippen LogP contribution < -0.4 is 5.73 Å². The lowest BCUT2D eigenvalue weighted by Gasteiger charge is -2.13. The van der Waals surface area contributed by atoms with Crippen molar-refractivity contribution in [2.45, 2.75) is 33.2 Å². The lowest BCUT2D eigenvalue weighted by atomic mass is 9.98. The summed E-state index contributed by atoms with van der Waals surface area (Å²) in [7, 11) is 0. The van der Waals surface area contributed by atoms with Gasteiger partial charge >= 0.3 is 0 Å². The van der Waals surface area contributed by atoms with E-state index >= 15 is 0 Å². The highest BCUT2D eigenvalue weighted by Gasteiger charge is 2.12. The molecule has 0 radical (unpaired) electrons. The molecule has 0 aliphatic carbocycles. The number of benzene rings is 1. The average molecular weight is 255 g/mol. The van der Waals surface area contributed by atoms with E-state index in [0.717, 1.165) is 17.5 Å². The zero-order chi connectivity index (χ0) is 13.8. The van der Waals surface area contributed by atoms with Crippen molar-refractivity contribution >= 4 is 0 Å². The van der Waals surface area contributed by atoms with E-state index < -0.39 is 0 Å². The zero-order valence-electron chi connectivity index (χ0n) is 11.8. The molecule has 0 saturated heterocycles. The Kier molecular flexibility index (Phi) is 4.27. The largest absolute Gasteiger partial charge is 0.318 e. The molecule has 0 aliphatic rings. The van der Waals surface area contributed by atoms with Crippen LogP contribution in [-0.4, -0.2) is 9.97 Å². The molecule has 0 spiro atoms. The highest BCUT2D eigenvalue weighted by atomic mass is 14.9. The molecule has 2 rings (SSSR count). The van der Waals surface area contributed by atoms with E-state index in [0.29, 0.717) is 11.7 Å². The van der Waals surface area contributed by atoms with Gasteiger partial charge in [-0.1, -0.05) is 38.1 Å². The molecule has 2 aromatic rings. The van der Waals surface area contributed by atoms with Gasteiger partial charge in [-0.25, -0.2) is 9.97 Å². The fraction of sp³-hybridized carbons (Fsp3) is 0.375. The molecule has 3 nitrogen and oxygen atoms in total. The van der Waals surface area contributed by atoms with Gasteiger partial charge in [0.25, 0.3) is 0 Å². The molecule has 0 fully saturated rings. The van der Waals surface area contributed by atoms with Gasteiger partial charge in [0, 0.05) is 12.4 Å². The number of rotatable bonds is 4. The molecule has 0 bridgehead atoms. The van der Waals surface area contributed by atoms with Gasteiger partial charge in [-0.2, -0.15) is 0 Å². The maximum atomic E-state index is 6.24. The molecule has 3 heteroatoms. The molecular formula is C16H21N3. The van der Waals surface area contributed by atoms with Crippen molar-refractivity contribution in [2.24, 2.45) is 11.7 Å². The Hall–Kier alpha value is -1.74. The highest BCUT2D eigenvalue weighted by Crippen LogP contribution is 2.19. The van der Waals surface area contributed by atoms with Gasteiger partial charge in [-0.15, -0.1) is 0 Å². The van der Waals surface area contributed by atoms with Crippen LogP contribution >= 0.6 is 0 Å². The van der Waals surface area contributed by atoms with Gasteiger partial charge in [0.1, 0.15) is 5.82 Å². The van der Waals surface area contributed by atoms with Crippen LogP contribution in [0.25, 0.3) is 0 Å². The van der Waals surface area contributed by atoms with Gasteiger partial charge in [-0.3, -0.25) is 0 Å². The summed E-state index contributed by atoms with van der Waals surface area (Å²) < 4.78 is 0. The van der Waals surface area contributed by atoms with E-state index in [1.165, 1.54) is 5.56 Å². The molecule has 1 atom stereocenters. The molecule has 1 aromatic carbocycles. The summed E-state index contributed by atoms with van der Waals surface area (Å²) in [6.45, 7) is 6.41. The third-order valence-electron chi connectivity index (χ3n) is 3.03. The van der Waals surface area contributed by atoms with Crippen molar-refractivity contribution < 1.29 is 0 Å². The fourth-order valence-electron chi connectivity index (χ4n) is 2.10. The summed E-state index contributed by atoms with van der Waals surface area (Å²) in [6, 6.07) is 8.14. The summed E-state index contributed by atoms with van der Waals surface area (Å²) in [6.07, 6.45) is 4.68. The minimum absolute atomic E-state index is 0.257. The fourth-order valence-corrected chi connectivity index (χ4v) is 2.10. The third-order valence-corrected chi connectivity index (χ3v) is 3.03. The van der Waals surface area contributed by atoms with Crippen LogP contribution in [0.4, 0.5) is 0 Å². The summed E-state index contributed by atoms with van der Waals surface area (Å²) >= 11 is 0. The van der Waals surface area contributed by atoms with E-state index in [4.69, 9.17) is 5.73 Å². The average Bonchev–Trinajstić information content (AvgIpc) is 2.38. The first-order valence-electron chi connectivity index (χ1n) is 6.69. The first kappa shape index (κ1) is 13.7. The Balaban J connectivity index is 2.23. The summed E-state index contributed by atoms with van der Waals surface area (Å²) in [5.74, 6) is 1.31. The van der Waals surface area contributed by atoms with Crippen LogP contribution in [0.5, 0.6) is 0 Å². The molecule has 0 saturated carbocycles. The van der Waals surface area contributed by atoms with Crippen molar-refractivity contribution in [1.29, 1.82) is 0 Å². The maximum absolute atomic E-state index is 6.24. The number of aromatic nitrogens is 2. The molecule has 1 heterocycles. The minimum atomic E-state index is -0.257. The molecule has 0 amide bonds. The van der Waals surface area contributed by atoms with Gasteiger partial charge < -0.3 is 5.73 Å². The lowest BCUT2D eigenvalue weighted by molar-refractivity contribution is 0.645.